The molecule has 0 aliphatic carbocycles. The number of para-hydroxylation sites is 3. The summed E-state index contributed by atoms with van der Waals surface area (Å²) < 4.78 is 16.6. The standard InChI is InChI=1S/C30H26N4O2S2.O2S/c1-32-26-25(35)34-27-29(17-30(34,28(32)36)38-18-37-26,15-19-16-31-23-13-7-5-11-21(19)23)22-12-6-8-14-24(22)33(27)20-9-3-2-4-10-20;1-3-2/h2-14,16,26-27,31H,15,17-18H2,1H3;/t26-,27-,29?,30?;/m1./s1. The highest BCUT2D eigenvalue weighted by Gasteiger charge is 2.74. The second-order valence-corrected chi connectivity index (χ2v) is 13.5. The smallest absolute Gasteiger partial charge is 0.335 e. The van der Waals surface area contributed by atoms with Crippen molar-refractivity contribution < 1.29 is 18.0 Å². The number of H-pyrrole nitrogens is 1. The van der Waals surface area contributed by atoms with E-state index in [4.69, 9.17) is 8.42 Å². The van der Waals surface area contributed by atoms with Crippen LogP contribution in [0, 0.1) is 0 Å². The number of carbonyl (C=O) groups is 2. The maximum absolute atomic E-state index is 14.3. The maximum Gasteiger partial charge on any atom is 0.335 e. The molecule has 2 amide bonds. The number of amides is 2. The SMILES string of the molecule is CN1C(=O)C23CC4(Cc5c[nH]c6ccccc56)c5ccccc5N(c5ccccc5)[C@@H]4N2C(=O)[C@H]1SCS3.O=S=O. The summed E-state index contributed by atoms with van der Waals surface area (Å²) >= 11 is 2.47. The number of aromatic nitrogens is 1. The highest BCUT2D eigenvalue weighted by Crippen LogP contribution is 2.65. The molecule has 9 rings (SSSR count). The molecule has 3 aromatic carbocycles. The predicted octanol–water partition coefficient (Wildman–Crippen LogP) is 4.62. The number of hydrogen-bond acceptors (Lipinski definition) is 7. The molecule has 2 bridgehead atoms. The van der Waals surface area contributed by atoms with Gasteiger partial charge in [0.05, 0.1) is 0 Å². The van der Waals surface area contributed by atoms with Gasteiger partial charge in [-0.3, -0.25) is 14.5 Å². The summed E-state index contributed by atoms with van der Waals surface area (Å²) in [5.74, 6) is 0.0944. The van der Waals surface area contributed by atoms with Crippen LogP contribution in [0.4, 0.5) is 11.4 Å². The van der Waals surface area contributed by atoms with E-state index >= 15 is 0 Å². The van der Waals surface area contributed by atoms with Crippen LogP contribution in [0.3, 0.4) is 0 Å². The number of thioether (sulfide) groups is 2. The van der Waals surface area contributed by atoms with Crippen molar-refractivity contribution in [3.8, 4) is 0 Å². The van der Waals surface area contributed by atoms with Gasteiger partial charge < -0.3 is 14.8 Å². The molecule has 208 valence electrons. The number of nitrogens with one attached hydrogen (secondary N) is 1. The number of anilines is 2. The van der Waals surface area contributed by atoms with Crippen molar-refractivity contribution in [1.29, 1.82) is 0 Å². The molecule has 5 aliphatic rings. The lowest BCUT2D eigenvalue weighted by Gasteiger charge is -2.47. The maximum atomic E-state index is 14.3. The quantitative estimate of drug-likeness (QED) is 0.366. The van der Waals surface area contributed by atoms with E-state index in [1.807, 2.05) is 29.2 Å². The van der Waals surface area contributed by atoms with Gasteiger partial charge in [-0.05, 0) is 41.8 Å². The zero-order valence-electron chi connectivity index (χ0n) is 22.1. The molecule has 11 heteroatoms. The van der Waals surface area contributed by atoms with Crippen molar-refractivity contribution in [2.24, 2.45) is 0 Å². The summed E-state index contributed by atoms with van der Waals surface area (Å²) in [6.07, 6.45) is 3.11. The van der Waals surface area contributed by atoms with Crippen molar-refractivity contribution >= 4 is 69.2 Å². The number of carbonyl (C=O) groups excluding carboxylic acids is 2. The van der Waals surface area contributed by atoms with Crippen molar-refractivity contribution in [2.75, 3.05) is 17.0 Å². The van der Waals surface area contributed by atoms with Crippen LogP contribution >= 0.6 is 23.5 Å². The minimum absolute atomic E-state index is 0.0432. The van der Waals surface area contributed by atoms with Crippen molar-refractivity contribution in [3.63, 3.8) is 0 Å². The number of fused-ring (bicyclic) bond motifs is 7. The van der Waals surface area contributed by atoms with E-state index in [1.54, 1.807) is 35.5 Å². The Bertz CT molecular complexity index is 1720. The fourth-order valence-electron chi connectivity index (χ4n) is 7.32. The average Bonchev–Trinajstić information content (AvgIpc) is 3.55. The number of nitrogens with zero attached hydrogens (tertiary/aromatic N) is 3. The van der Waals surface area contributed by atoms with Gasteiger partial charge in [0.25, 0.3) is 11.8 Å². The summed E-state index contributed by atoms with van der Waals surface area (Å²) in [7, 11) is 1.80. The minimum Gasteiger partial charge on any atom is -0.361 e. The van der Waals surface area contributed by atoms with Crippen LogP contribution in [-0.4, -0.2) is 63.6 Å². The van der Waals surface area contributed by atoms with Gasteiger partial charge in [0, 0.05) is 52.4 Å². The Labute approximate surface area is 249 Å². The lowest BCUT2D eigenvalue weighted by molar-refractivity contribution is -0.157. The third-order valence-corrected chi connectivity index (χ3v) is 11.7. The van der Waals surface area contributed by atoms with Gasteiger partial charge >= 0.3 is 11.6 Å². The van der Waals surface area contributed by atoms with E-state index < -0.39 is 27.2 Å². The Hall–Kier alpha value is -3.54. The molecule has 1 aromatic heterocycles. The summed E-state index contributed by atoms with van der Waals surface area (Å²) in [5, 5.41) is 1.42. The van der Waals surface area contributed by atoms with Gasteiger partial charge in [-0.2, -0.15) is 8.42 Å². The zero-order chi connectivity index (χ0) is 28.4. The molecule has 0 radical (unpaired) electrons. The monoisotopic (exact) mass is 602 g/mol. The van der Waals surface area contributed by atoms with Gasteiger partial charge in [0.15, 0.2) is 10.2 Å². The van der Waals surface area contributed by atoms with E-state index in [2.05, 4.69) is 70.7 Å². The number of benzene rings is 3. The highest BCUT2D eigenvalue weighted by molar-refractivity contribution is 8.17. The van der Waals surface area contributed by atoms with Gasteiger partial charge in [-0.1, -0.05) is 54.6 Å². The van der Waals surface area contributed by atoms with Gasteiger partial charge in [-0.15, -0.1) is 23.5 Å². The van der Waals surface area contributed by atoms with Crippen molar-refractivity contribution in [3.05, 3.63) is 96.2 Å². The molecule has 5 aliphatic heterocycles. The molecule has 1 N–H and O–H groups in total. The molecule has 41 heavy (non-hydrogen) atoms. The molecule has 4 aromatic rings. The van der Waals surface area contributed by atoms with Crippen LogP contribution in [0.25, 0.3) is 10.9 Å². The lowest BCUT2D eigenvalue weighted by atomic mass is 9.73. The van der Waals surface area contributed by atoms with Gasteiger partial charge in [0.1, 0.15) is 6.17 Å². The highest BCUT2D eigenvalue weighted by atomic mass is 32.2. The van der Waals surface area contributed by atoms with Crippen LogP contribution in [0.15, 0.2) is 85.1 Å². The molecular formula is C30H26N4O4S3. The number of piperazine rings is 1. The number of aromatic amines is 1. The van der Waals surface area contributed by atoms with E-state index in [0.29, 0.717) is 11.5 Å². The van der Waals surface area contributed by atoms with Crippen LogP contribution in [0.2, 0.25) is 0 Å². The fourth-order valence-corrected chi connectivity index (χ4v) is 10.4. The molecule has 0 saturated carbocycles. The summed E-state index contributed by atoms with van der Waals surface area (Å²) in [5.41, 5.74) is 5.21. The first-order valence-corrected chi connectivity index (χ1v) is 15.9. The zero-order valence-corrected chi connectivity index (χ0v) is 24.5. The van der Waals surface area contributed by atoms with E-state index in [9.17, 15) is 9.59 Å². The van der Waals surface area contributed by atoms with E-state index in [-0.39, 0.29) is 18.0 Å². The minimum atomic E-state index is -0.927. The largest absolute Gasteiger partial charge is 0.361 e. The number of likely N-dealkylation sites (N-methyl/N-ethyl adjacent to an activating group) is 1. The van der Waals surface area contributed by atoms with Crippen LogP contribution < -0.4 is 4.90 Å². The van der Waals surface area contributed by atoms with E-state index in [1.165, 1.54) is 16.5 Å². The normalized spacial score (nSPS) is 27.7. The van der Waals surface area contributed by atoms with Crippen molar-refractivity contribution in [1.82, 2.24) is 14.8 Å². The second-order valence-electron chi connectivity index (χ2n) is 10.7. The summed E-state index contributed by atoms with van der Waals surface area (Å²) in [4.78, 5) is 37.1. The van der Waals surface area contributed by atoms with Gasteiger partial charge in [0.2, 0.25) is 0 Å². The molecular weight excluding hydrogens is 577 g/mol. The Morgan fingerprint density at radius 1 is 0.976 bits per heavy atom. The average molecular weight is 603 g/mol. The number of rotatable bonds is 3. The molecule has 1 spiro atoms. The second kappa shape index (κ2) is 9.78. The number of hydrogen-bond donors (Lipinski definition) is 1. The first-order chi connectivity index (χ1) is 20.0. The first kappa shape index (κ1) is 26.4. The molecule has 4 atom stereocenters. The Morgan fingerprint density at radius 2 is 1.68 bits per heavy atom. The third-order valence-electron chi connectivity index (χ3n) is 8.82. The Kier molecular flexibility index (Phi) is 6.29. The molecule has 4 saturated heterocycles. The summed E-state index contributed by atoms with van der Waals surface area (Å²) in [6.45, 7) is 0. The van der Waals surface area contributed by atoms with Crippen LogP contribution in [0.1, 0.15) is 17.5 Å². The molecule has 2 unspecified atom stereocenters. The summed E-state index contributed by atoms with van der Waals surface area (Å²) in [6, 6.07) is 27.3. The van der Waals surface area contributed by atoms with Crippen molar-refractivity contribution in [2.45, 2.75) is 34.7 Å². The van der Waals surface area contributed by atoms with Gasteiger partial charge in [-0.25, -0.2) is 0 Å². The lowest BCUT2D eigenvalue weighted by Crippen LogP contribution is -2.68. The fraction of sp³-hybridized carbons (Fsp3) is 0.267. The Morgan fingerprint density at radius 3 is 2.49 bits per heavy atom. The molecule has 6 heterocycles. The van der Waals surface area contributed by atoms with Crippen LogP contribution in [0.5, 0.6) is 0 Å². The predicted molar refractivity (Wildman–Crippen MR) is 162 cm³/mol. The first-order valence-electron chi connectivity index (χ1n) is 13.2. The third kappa shape index (κ3) is 3.61. The molecule has 8 nitrogen and oxygen atoms in total. The topological polar surface area (TPSA) is 93.8 Å². The molecule has 4 fully saturated rings. The Balaban J connectivity index is 0.000000884. The van der Waals surface area contributed by atoms with E-state index in [0.717, 1.165) is 23.3 Å². The van der Waals surface area contributed by atoms with Crippen LogP contribution in [-0.2, 0) is 33.0 Å².